The third-order valence-electron chi connectivity index (χ3n) is 4.36. The lowest BCUT2D eigenvalue weighted by molar-refractivity contribution is 0.132. The lowest BCUT2D eigenvalue weighted by Crippen LogP contribution is -2.35. The van der Waals surface area contributed by atoms with Crippen molar-refractivity contribution >= 4 is 10.8 Å². The molecule has 0 aromatic heterocycles. The van der Waals surface area contributed by atoms with Gasteiger partial charge in [0.25, 0.3) is 0 Å². The maximum atomic E-state index is 9.50. The van der Waals surface area contributed by atoms with Crippen LogP contribution in [0.4, 0.5) is 0 Å². The fraction of sp³-hybridized carbons (Fsp3) is 0.444. The topological polar surface area (TPSA) is 32.3 Å². The van der Waals surface area contributed by atoms with Gasteiger partial charge in [-0.05, 0) is 29.7 Å². The summed E-state index contributed by atoms with van der Waals surface area (Å²) in [4.78, 5) is 0. The van der Waals surface area contributed by atoms with Crippen LogP contribution in [0.3, 0.4) is 0 Å². The summed E-state index contributed by atoms with van der Waals surface area (Å²) in [5, 5.41) is 15.7. The van der Waals surface area contributed by atoms with Gasteiger partial charge in [0.1, 0.15) is 0 Å². The molecular weight excluding hydrogens is 246 g/mol. The Bertz CT molecular complexity index is 555. The molecule has 0 saturated carbocycles. The number of aliphatic hydroxyl groups is 1. The monoisotopic (exact) mass is 271 g/mol. The molecule has 2 atom stereocenters. The summed E-state index contributed by atoms with van der Waals surface area (Å²) in [5.74, 6) is 0. The molecule has 2 nitrogen and oxygen atoms in total. The molecule has 0 aliphatic rings. The predicted molar refractivity (Wildman–Crippen MR) is 85.8 cm³/mol. The van der Waals surface area contributed by atoms with Crippen LogP contribution >= 0.6 is 0 Å². The van der Waals surface area contributed by atoms with E-state index in [1.807, 2.05) is 0 Å². The second-order valence-electron chi connectivity index (χ2n) is 5.99. The zero-order chi connectivity index (χ0) is 14.6. The summed E-state index contributed by atoms with van der Waals surface area (Å²) < 4.78 is 0. The van der Waals surface area contributed by atoms with Gasteiger partial charge in [-0.15, -0.1) is 0 Å². The van der Waals surface area contributed by atoms with E-state index in [0.717, 1.165) is 13.0 Å². The molecular formula is C18H25NO. The summed E-state index contributed by atoms with van der Waals surface area (Å²) in [7, 11) is 0. The van der Waals surface area contributed by atoms with E-state index in [0.29, 0.717) is 0 Å². The average Bonchev–Trinajstić information content (AvgIpc) is 2.51. The van der Waals surface area contributed by atoms with Crippen molar-refractivity contribution in [1.82, 2.24) is 5.32 Å². The summed E-state index contributed by atoms with van der Waals surface area (Å²) in [6.45, 7) is 7.48. The maximum Gasteiger partial charge on any atom is 0.0496 e. The quantitative estimate of drug-likeness (QED) is 0.835. The van der Waals surface area contributed by atoms with Crippen LogP contribution in [0, 0.1) is 5.41 Å². The minimum absolute atomic E-state index is 0.0428. The summed E-state index contributed by atoms with van der Waals surface area (Å²) in [6, 6.07) is 15.2. The van der Waals surface area contributed by atoms with Gasteiger partial charge >= 0.3 is 0 Å². The largest absolute Gasteiger partial charge is 0.396 e. The number of hydrogen-bond acceptors (Lipinski definition) is 2. The van der Waals surface area contributed by atoms with Gasteiger partial charge in [-0.25, -0.2) is 0 Å². The summed E-state index contributed by atoms with van der Waals surface area (Å²) in [6.07, 6.45) is 0.971. The molecule has 2 N–H and O–H groups in total. The van der Waals surface area contributed by atoms with Crippen LogP contribution in [0.5, 0.6) is 0 Å². The Morgan fingerprint density at radius 3 is 2.55 bits per heavy atom. The second kappa shape index (κ2) is 6.38. The second-order valence-corrected chi connectivity index (χ2v) is 5.99. The zero-order valence-electron chi connectivity index (χ0n) is 12.7. The molecule has 0 saturated heterocycles. The van der Waals surface area contributed by atoms with Gasteiger partial charge in [-0.2, -0.15) is 0 Å². The van der Waals surface area contributed by atoms with Crippen molar-refractivity contribution in [3.05, 3.63) is 48.0 Å². The molecule has 0 bridgehead atoms. The first-order valence-corrected chi connectivity index (χ1v) is 7.41. The summed E-state index contributed by atoms with van der Waals surface area (Å²) >= 11 is 0. The minimum atomic E-state index is -0.0428. The highest BCUT2D eigenvalue weighted by atomic mass is 16.3. The highest BCUT2D eigenvalue weighted by molar-refractivity contribution is 5.86. The molecule has 2 aromatic carbocycles. The van der Waals surface area contributed by atoms with Crippen molar-refractivity contribution < 1.29 is 5.11 Å². The Kier molecular flexibility index (Phi) is 4.79. The van der Waals surface area contributed by atoms with Crippen LogP contribution in [0.2, 0.25) is 0 Å². The lowest BCUT2D eigenvalue weighted by Gasteiger charge is -2.28. The molecule has 0 aliphatic carbocycles. The Hall–Kier alpha value is -1.38. The third kappa shape index (κ3) is 3.20. The maximum absolute atomic E-state index is 9.50. The average molecular weight is 271 g/mol. The van der Waals surface area contributed by atoms with E-state index < -0.39 is 0 Å². The molecule has 108 valence electrons. The molecule has 0 aliphatic heterocycles. The highest BCUT2D eigenvalue weighted by Gasteiger charge is 2.22. The SMILES string of the molecule is CCC(C)(CO)CNC(C)c1cccc2ccccc12. The van der Waals surface area contributed by atoms with E-state index >= 15 is 0 Å². The Morgan fingerprint density at radius 1 is 1.15 bits per heavy atom. The number of benzene rings is 2. The number of fused-ring (bicyclic) bond motifs is 1. The zero-order valence-corrected chi connectivity index (χ0v) is 12.7. The van der Waals surface area contributed by atoms with Gasteiger partial charge in [0.15, 0.2) is 0 Å². The van der Waals surface area contributed by atoms with E-state index in [2.05, 4.69) is 68.6 Å². The number of aliphatic hydroxyl groups excluding tert-OH is 1. The van der Waals surface area contributed by atoms with Crippen LogP contribution < -0.4 is 5.32 Å². The Balaban J connectivity index is 2.18. The Labute approximate surface area is 121 Å². The van der Waals surface area contributed by atoms with E-state index in [1.165, 1.54) is 16.3 Å². The van der Waals surface area contributed by atoms with Gasteiger partial charge in [0, 0.05) is 24.6 Å². The van der Waals surface area contributed by atoms with E-state index in [1.54, 1.807) is 0 Å². The molecule has 0 amide bonds. The van der Waals surface area contributed by atoms with Gasteiger partial charge < -0.3 is 10.4 Å². The van der Waals surface area contributed by atoms with Crippen molar-refractivity contribution in [3.8, 4) is 0 Å². The van der Waals surface area contributed by atoms with Crippen LogP contribution in [-0.2, 0) is 0 Å². The summed E-state index contributed by atoms with van der Waals surface area (Å²) in [5.41, 5.74) is 1.28. The first kappa shape index (κ1) is 15.0. The minimum Gasteiger partial charge on any atom is -0.396 e. The molecule has 2 heteroatoms. The molecule has 0 heterocycles. The van der Waals surface area contributed by atoms with Crippen LogP contribution in [0.25, 0.3) is 10.8 Å². The van der Waals surface area contributed by atoms with Crippen LogP contribution in [-0.4, -0.2) is 18.3 Å². The standard InChI is InChI=1S/C18H25NO/c1-4-18(3,13-20)12-19-14(2)16-11-7-9-15-8-5-6-10-17(15)16/h5-11,14,19-20H,4,12-13H2,1-3H3. The normalized spacial score (nSPS) is 16.0. The van der Waals surface area contributed by atoms with Gasteiger partial charge in [0.05, 0.1) is 0 Å². The number of nitrogens with one attached hydrogen (secondary N) is 1. The fourth-order valence-electron chi connectivity index (χ4n) is 2.43. The van der Waals surface area contributed by atoms with Crippen molar-refractivity contribution in [3.63, 3.8) is 0 Å². The van der Waals surface area contributed by atoms with Gasteiger partial charge in [-0.3, -0.25) is 0 Å². The molecule has 2 rings (SSSR count). The smallest absolute Gasteiger partial charge is 0.0496 e. The van der Waals surface area contributed by atoms with E-state index in [4.69, 9.17) is 0 Å². The number of hydrogen-bond donors (Lipinski definition) is 2. The number of rotatable bonds is 6. The lowest BCUT2D eigenvalue weighted by atomic mass is 9.88. The molecule has 20 heavy (non-hydrogen) atoms. The fourth-order valence-corrected chi connectivity index (χ4v) is 2.43. The van der Waals surface area contributed by atoms with Crippen molar-refractivity contribution in [1.29, 1.82) is 0 Å². The highest BCUT2D eigenvalue weighted by Crippen LogP contribution is 2.25. The third-order valence-corrected chi connectivity index (χ3v) is 4.36. The van der Waals surface area contributed by atoms with E-state index in [-0.39, 0.29) is 18.1 Å². The van der Waals surface area contributed by atoms with Crippen molar-refractivity contribution in [2.45, 2.75) is 33.2 Å². The van der Waals surface area contributed by atoms with Crippen molar-refractivity contribution in [2.75, 3.05) is 13.2 Å². The predicted octanol–water partition coefficient (Wildman–Crippen LogP) is 3.90. The van der Waals surface area contributed by atoms with Crippen LogP contribution in [0.1, 0.15) is 38.8 Å². The first-order valence-electron chi connectivity index (χ1n) is 7.41. The van der Waals surface area contributed by atoms with Gasteiger partial charge in [0.2, 0.25) is 0 Å². The Morgan fingerprint density at radius 2 is 1.85 bits per heavy atom. The van der Waals surface area contributed by atoms with Crippen molar-refractivity contribution in [2.24, 2.45) is 5.41 Å². The van der Waals surface area contributed by atoms with Gasteiger partial charge in [-0.1, -0.05) is 56.3 Å². The van der Waals surface area contributed by atoms with E-state index in [9.17, 15) is 5.11 Å². The molecule has 2 unspecified atom stereocenters. The molecule has 0 spiro atoms. The molecule has 0 radical (unpaired) electrons. The molecule has 0 fully saturated rings. The van der Waals surface area contributed by atoms with Crippen LogP contribution in [0.15, 0.2) is 42.5 Å². The molecule has 2 aromatic rings. The first-order chi connectivity index (χ1) is 9.59.